The van der Waals surface area contributed by atoms with Gasteiger partial charge in [-0.05, 0) is 30.4 Å². The SMILES string of the molecule is CC(C)CC(C)NCc1ccc(CN)cc1. The van der Waals surface area contributed by atoms with Crippen LogP contribution in [-0.2, 0) is 13.1 Å². The van der Waals surface area contributed by atoms with Gasteiger partial charge in [-0.25, -0.2) is 0 Å². The number of nitrogens with one attached hydrogen (secondary N) is 1. The van der Waals surface area contributed by atoms with E-state index in [-0.39, 0.29) is 0 Å². The molecule has 0 aliphatic carbocycles. The molecule has 1 atom stereocenters. The molecule has 0 aliphatic rings. The Morgan fingerprint density at radius 2 is 1.62 bits per heavy atom. The van der Waals surface area contributed by atoms with Gasteiger partial charge in [-0.3, -0.25) is 0 Å². The van der Waals surface area contributed by atoms with Gasteiger partial charge in [0.1, 0.15) is 0 Å². The van der Waals surface area contributed by atoms with Gasteiger partial charge in [0.15, 0.2) is 0 Å². The first-order chi connectivity index (χ1) is 7.61. The molecular formula is C14H24N2. The summed E-state index contributed by atoms with van der Waals surface area (Å²) in [5.74, 6) is 0.752. The molecule has 0 saturated heterocycles. The lowest BCUT2D eigenvalue weighted by molar-refractivity contribution is 0.441. The Morgan fingerprint density at radius 3 is 2.12 bits per heavy atom. The van der Waals surface area contributed by atoms with E-state index in [0.29, 0.717) is 12.6 Å². The molecule has 1 unspecified atom stereocenters. The monoisotopic (exact) mass is 220 g/mol. The second-order valence-electron chi connectivity index (χ2n) is 4.93. The van der Waals surface area contributed by atoms with Gasteiger partial charge in [-0.15, -0.1) is 0 Å². The number of hydrogen-bond acceptors (Lipinski definition) is 2. The minimum Gasteiger partial charge on any atom is -0.326 e. The summed E-state index contributed by atoms with van der Waals surface area (Å²) < 4.78 is 0. The topological polar surface area (TPSA) is 38.0 Å². The maximum Gasteiger partial charge on any atom is 0.0207 e. The fourth-order valence-corrected chi connectivity index (χ4v) is 1.88. The molecular weight excluding hydrogens is 196 g/mol. The highest BCUT2D eigenvalue weighted by Gasteiger charge is 2.03. The van der Waals surface area contributed by atoms with Crippen molar-refractivity contribution in [2.45, 2.75) is 46.3 Å². The summed E-state index contributed by atoms with van der Waals surface area (Å²) in [5.41, 5.74) is 8.08. The summed E-state index contributed by atoms with van der Waals surface area (Å²) in [4.78, 5) is 0. The van der Waals surface area contributed by atoms with E-state index in [1.165, 1.54) is 17.5 Å². The molecule has 0 spiro atoms. The van der Waals surface area contributed by atoms with Crippen molar-refractivity contribution >= 4 is 0 Å². The van der Waals surface area contributed by atoms with Gasteiger partial charge in [0.05, 0.1) is 0 Å². The number of hydrogen-bond donors (Lipinski definition) is 2. The van der Waals surface area contributed by atoms with Crippen molar-refractivity contribution in [1.29, 1.82) is 0 Å². The van der Waals surface area contributed by atoms with Crippen LogP contribution in [-0.4, -0.2) is 6.04 Å². The van der Waals surface area contributed by atoms with Crippen LogP contribution in [0.2, 0.25) is 0 Å². The van der Waals surface area contributed by atoms with Crippen LogP contribution >= 0.6 is 0 Å². The van der Waals surface area contributed by atoms with Crippen LogP contribution in [0, 0.1) is 5.92 Å². The van der Waals surface area contributed by atoms with E-state index < -0.39 is 0 Å². The van der Waals surface area contributed by atoms with Crippen LogP contribution in [0.3, 0.4) is 0 Å². The lowest BCUT2D eigenvalue weighted by Crippen LogP contribution is -2.26. The first-order valence-electron chi connectivity index (χ1n) is 6.13. The largest absolute Gasteiger partial charge is 0.326 e. The molecule has 0 bridgehead atoms. The van der Waals surface area contributed by atoms with Crippen LogP contribution in [0.4, 0.5) is 0 Å². The smallest absolute Gasteiger partial charge is 0.0207 e. The van der Waals surface area contributed by atoms with Gasteiger partial charge in [0.25, 0.3) is 0 Å². The molecule has 0 aliphatic heterocycles. The van der Waals surface area contributed by atoms with Crippen molar-refractivity contribution in [2.75, 3.05) is 0 Å². The van der Waals surface area contributed by atoms with E-state index in [1.807, 2.05) is 0 Å². The van der Waals surface area contributed by atoms with E-state index in [2.05, 4.69) is 50.4 Å². The van der Waals surface area contributed by atoms with Gasteiger partial charge in [-0.2, -0.15) is 0 Å². The zero-order chi connectivity index (χ0) is 12.0. The van der Waals surface area contributed by atoms with Crippen LogP contribution in [0.5, 0.6) is 0 Å². The third-order valence-corrected chi connectivity index (χ3v) is 2.74. The maximum absolute atomic E-state index is 5.56. The average molecular weight is 220 g/mol. The zero-order valence-electron chi connectivity index (χ0n) is 10.7. The van der Waals surface area contributed by atoms with Crippen molar-refractivity contribution in [3.63, 3.8) is 0 Å². The molecule has 2 nitrogen and oxygen atoms in total. The number of nitrogens with two attached hydrogens (primary N) is 1. The molecule has 0 heterocycles. The summed E-state index contributed by atoms with van der Waals surface area (Å²) >= 11 is 0. The number of rotatable bonds is 6. The van der Waals surface area contributed by atoms with E-state index in [4.69, 9.17) is 5.73 Å². The standard InChI is InChI=1S/C14H24N2/c1-11(2)8-12(3)16-10-14-6-4-13(9-15)5-7-14/h4-7,11-12,16H,8-10,15H2,1-3H3. The van der Waals surface area contributed by atoms with E-state index in [1.54, 1.807) is 0 Å². The fraction of sp³-hybridized carbons (Fsp3) is 0.571. The lowest BCUT2D eigenvalue weighted by Gasteiger charge is -2.16. The zero-order valence-corrected chi connectivity index (χ0v) is 10.7. The maximum atomic E-state index is 5.56. The first kappa shape index (κ1) is 13.2. The van der Waals surface area contributed by atoms with Gasteiger partial charge in [0.2, 0.25) is 0 Å². The van der Waals surface area contributed by atoms with E-state index in [9.17, 15) is 0 Å². The van der Waals surface area contributed by atoms with Gasteiger partial charge in [-0.1, -0.05) is 38.1 Å². The molecule has 1 aromatic carbocycles. The summed E-state index contributed by atoms with van der Waals surface area (Å²) in [6.45, 7) is 8.33. The lowest BCUT2D eigenvalue weighted by atomic mass is 10.0. The van der Waals surface area contributed by atoms with Crippen molar-refractivity contribution < 1.29 is 0 Å². The minimum atomic E-state index is 0.578. The third-order valence-electron chi connectivity index (χ3n) is 2.74. The van der Waals surface area contributed by atoms with Crippen LogP contribution < -0.4 is 11.1 Å². The van der Waals surface area contributed by atoms with Crippen molar-refractivity contribution in [3.8, 4) is 0 Å². The number of benzene rings is 1. The highest BCUT2D eigenvalue weighted by atomic mass is 14.9. The first-order valence-corrected chi connectivity index (χ1v) is 6.13. The normalized spacial score (nSPS) is 13.1. The highest BCUT2D eigenvalue weighted by Crippen LogP contribution is 2.07. The Hall–Kier alpha value is -0.860. The van der Waals surface area contributed by atoms with Crippen LogP contribution in [0.1, 0.15) is 38.3 Å². The second kappa shape index (κ2) is 6.66. The van der Waals surface area contributed by atoms with Crippen molar-refractivity contribution in [3.05, 3.63) is 35.4 Å². The third kappa shape index (κ3) is 4.77. The molecule has 2 heteroatoms. The summed E-state index contributed by atoms with van der Waals surface area (Å²) in [6.07, 6.45) is 1.22. The molecule has 90 valence electrons. The fourth-order valence-electron chi connectivity index (χ4n) is 1.88. The Labute approximate surface area is 99.2 Å². The van der Waals surface area contributed by atoms with Gasteiger partial charge < -0.3 is 11.1 Å². The van der Waals surface area contributed by atoms with Gasteiger partial charge >= 0.3 is 0 Å². The predicted octanol–water partition coefficient (Wildman–Crippen LogP) is 2.67. The average Bonchev–Trinajstić information content (AvgIpc) is 2.26. The molecule has 0 saturated carbocycles. The van der Waals surface area contributed by atoms with Gasteiger partial charge in [0, 0.05) is 19.1 Å². The van der Waals surface area contributed by atoms with Crippen LogP contribution in [0.25, 0.3) is 0 Å². The Balaban J connectivity index is 2.36. The molecule has 16 heavy (non-hydrogen) atoms. The summed E-state index contributed by atoms with van der Waals surface area (Å²) in [7, 11) is 0. The quantitative estimate of drug-likeness (QED) is 0.773. The second-order valence-corrected chi connectivity index (χ2v) is 4.93. The molecule has 1 rings (SSSR count). The van der Waals surface area contributed by atoms with Crippen LogP contribution in [0.15, 0.2) is 24.3 Å². The predicted molar refractivity (Wildman–Crippen MR) is 70.1 cm³/mol. The van der Waals surface area contributed by atoms with E-state index >= 15 is 0 Å². The molecule has 1 aromatic rings. The molecule has 0 aromatic heterocycles. The summed E-state index contributed by atoms with van der Waals surface area (Å²) in [6, 6.07) is 9.08. The van der Waals surface area contributed by atoms with Crippen molar-refractivity contribution in [2.24, 2.45) is 11.7 Å². The summed E-state index contributed by atoms with van der Waals surface area (Å²) in [5, 5.41) is 3.54. The molecule has 0 amide bonds. The molecule has 0 radical (unpaired) electrons. The Morgan fingerprint density at radius 1 is 1.06 bits per heavy atom. The highest BCUT2D eigenvalue weighted by molar-refractivity contribution is 5.22. The minimum absolute atomic E-state index is 0.578. The molecule has 3 N–H and O–H groups in total. The Bertz CT molecular complexity index is 290. The molecule has 0 fully saturated rings. The van der Waals surface area contributed by atoms with Crippen molar-refractivity contribution in [1.82, 2.24) is 5.32 Å². The Kier molecular flexibility index (Phi) is 5.50. The van der Waals surface area contributed by atoms with E-state index in [0.717, 1.165) is 12.5 Å².